The summed E-state index contributed by atoms with van der Waals surface area (Å²) in [6.45, 7) is 3.61. The molecule has 0 fully saturated rings. The van der Waals surface area contributed by atoms with Crippen molar-refractivity contribution >= 4 is 6.03 Å². The van der Waals surface area contributed by atoms with Crippen molar-refractivity contribution in [2.75, 3.05) is 6.61 Å². The molecule has 0 bridgehead atoms. The third-order valence-electron chi connectivity index (χ3n) is 3.57. The molecule has 0 saturated heterocycles. The van der Waals surface area contributed by atoms with Crippen LogP contribution < -0.4 is 10.6 Å². The number of aliphatic hydroxyl groups is 1. The summed E-state index contributed by atoms with van der Waals surface area (Å²) in [4.78, 5) is 11.8. The zero-order chi connectivity index (χ0) is 16.8. The number of hydrogen-bond acceptors (Lipinski definition) is 2. The Balaban J connectivity index is 2.61. The van der Waals surface area contributed by atoms with Crippen LogP contribution in [0.15, 0.2) is 24.3 Å². The van der Waals surface area contributed by atoms with Gasteiger partial charge >= 0.3 is 12.2 Å². The molecule has 1 atom stereocenters. The van der Waals surface area contributed by atoms with Crippen molar-refractivity contribution in [1.82, 2.24) is 10.6 Å². The largest absolute Gasteiger partial charge is 0.416 e. The van der Waals surface area contributed by atoms with Gasteiger partial charge in [-0.1, -0.05) is 19.1 Å². The van der Waals surface area contributed by atoms with Gasteiger partial charge in [-0.05, 0) is 37.5 Å². The van der Waals surface area contributed by atoms with Gasteiger partial charge in [-0.15, -0.1) is 0 Å². The van der Waals surface area contributed by atoms with Gasteiger partial charge in [0.05, 0.1) is 5.56 Å². The van der Waals surface area contributed by atoms with Gasteiger partial charge in [0, 0.05) is 18.7 Å². The van der Waals surface area contributed by atoms with E-state index in [2.05, 4.69) is 10.6 Å². The first kappa shape index (κ1) is 18.3. The predicted octanol–water partition coefficient (Wildman–Crippen LogP) is 3.06. The van der Waals surface area contributed by atoms with E-state index in [1.54, 1.807) is 6.92 Å². The van der Waals surface area contributed by atoms with Crippen LogP contribution in [0.5, 0.6) is 0 Å². The lowest BCUT2D eigenvalue weighted by atomic mass is 9.95. The summed E-state index contributed by atoms with van der Waals surface area (Å²) in [7, 11) is 0. The van der Waals surface area contributed by atoms with E-state index in [0.29, 0.717) is 18.4 Å². The fourth-order valence-corrected chi connectivity index (χ4v) is 1.93. The maximum absolute atomic E-state index is 12.6. The summed E-state index contributed by atoms with van der Waals surface area (Å²) in [6, 6.07) is 4.34. The van der Waals surface area contributed by atoms with Gasteiger partial charge < -0.3 is 15.7 Å². The van der Waals surface area contributed by atoms with Crippen molar-refractivity contribution in [1.29, 1.82) is 0 Å². The highest BCUT2D eigenvalue weighted by molar-refractivity contribution is 5.74. The molecule has 1 unspecified atom stereocenters. The van der Waals surface area contributed by atoms with Crippen LogP contribution in [-0.2, 0) is 12.7 Å². The molecule has 3 N–H and O–H groups in total. The van der Waals surface area contributed by atoms with Gasteiger partial charge in [0.1, 0.15) is 0 Å². The molecule has 1 aromatic rings. The summed E-state index contributed by atoms with van der Waals surface area (Å²) >= 11 is 0. The van der Waals surface area contributed by atoms with E-state index >= 15 is 0 Å². The van der Waals surface area contributed by atoms with E-state index in [0.717, 1.165) is 12.1 Å². The van der Waals surface area contributed by atoms with E-state index in [1.165, 1.54) is 12.1 Å². The zero-order valence-corrected chi connectivity index (χ0v) is 12.6. The number of carbonyl (C=O) groups excluding carboxylic acids is 1. The SMILES string of the molecule is CCC(C)(CCO)NC(=O)NCc1cccc(C(F)(F)F)c1. The Morgan fingerprint density at radius 3 is 2.55 bits per heavy atom. The molecule has 0 aliphatic rings. The monoisotopic (exact) mass is 318 g/mol. The van der Waals surface area contributed by atoms with Crippen molar-refractivity contribution in [3.8, 4) is 0 Å². The van der Waals surface area contributed by atoms with Gasteiger partial charge in [0.2, 0.25) is 0 Å². The van der Waals surface area contributed by atoms with Gasteiger partial charge in [0.15, 0.2) is 0 Å². The van der Waals surface area contributed by atoms with E-state index < -0.39 is 23.3 Å². The van der Waals surface area contributed by atoms with Crippen molar-refractivity contribution in [3.63, 3.8) is 0 Å². The van der Waals surface area contributed by atoms with Crippen LogP contribution in [0.25, 0.3) is 0 Å². The number of aliphatic hydroxyl groups excluding tert-OH is 1. The average molecular weight is 318 g/mol. The van der Waals surface area contributed by atoms with E-state index in [9.17, 15) is 18.0 Å². The van der Waals surface area contributed by atoms with Gasteiger partial charge in [-0.3, -0.25) is 0 Å². The molecule has 0 saturated carbocycles. The fourth-order valence-electron chi connectivity index (χ4n) is 1.93. The topological polar surface area (TPSA) is 61.4 Å². The van der Waals surface area contributed by atoms with Crippen molar-refractivity contribution in [3.05, 3.63) is 35.4 Å². The average Bonchev–Trinajstić information content (AvgIpc) is 2.45. The van der Waals surface area contributed by atoms with Crippen LogP contribution in [-0.4, -0.2) is 23.3 Å². The summed E-state index contributed by atoms with van der Waals surface area (Å²) in [6.07, 6.45) is -3.37. The second-order valence-electron chi connectivity index (χ2n) is 5.39. The van der Waals surface area contributed by atoms with E-state index in [-0.39, 0.29) is 13.2 Å². The molecule has 1 aromatic carbocycles. The second kappa shape index (κ2) is 7.49. The number of nitrogens with one attached hydrogen (secondary N) is 2. The molecule has 0 spiro atoms. The number of rotatable bonds is 6. The highest BCUT2D eigenvalue weighted by Crippen LogP contribution is 2.29. The highest BCUT2D eigenvalue weighted by atomic mass is 19.4. The number of amides is 2. The molecular weight excluding hydrogens is 297 g/mol. The van der Waals surface area contributed by atoms with Crippen LogP contribution in [0, 0.1) is 0 Å². The van der Waals surface area contributed by atoms with Crippen LogP contribution >= 0.6 is 0 Å². The number of benzene rings is 1. The molecule has 2 amide bonds. The summed E-state index contributed by atoms with van der Waals surface area (Å²) in [5.41, 5.74) is -0.927. The molecule has 7 heteroatoms. The lowest BCUT2D eigenvalue weighted by molar-refractivity contribution is -0.137. The Bertz CT molecular complexity index is 506. The minimum absolute atomic E-state index is 0.00529. The molecule has 1 rings (SSSR count). The molecular formula is C15H21F3N2O2. The third kappa shape index (κ3) is 5.55. The molecule has 0 aliphatic heterocycles. The quantitative estimate of drug-likeness (QED) is 0.755. The Morgan fingerprint density at radius 2 is 2.00 bits per heavy atom. The summed E-state index contributed by atoms with van der Waals surface area (Å²) in [5, 5.41) is 14.2. The summed E-state index contributed by atoms with van der Waals surface area (Å²) in [5.74, 6) is 0. The molecule has 22 heavy (non-hydrogen) atoms. The van der Waals surface area contributed by atoms with E-state index in [4.69, 9.17) is 5.11 Å². The standard InChI is InChI=1S/C15H21F3N2O2/c1-3-14(2,7-8-21)20-13(22)19-10-11-5-4-6-12(9-11)15(16,17)18/h4-6,9,21H,3,7-8,10H2,1-2H3,(H2,19,20,22). The minimum Gasteiger partial charge on any atom is -0.396 e. The second-order valence-corrected chi connectivity index (χ2v) is 5.39. The smallest absolute Gasteiger partial charge is 0.396 e. The maximum Gasteiger partial charge on any atom is 0.416 e. The zero-order valence-electron chi connectivity index (χ0n) is 12.6. The first-order chi connectivity index (χ1) is 10.2. The van der Waals surface area contributed by atoms with Gasteiger partial charge in [-0.2, -0.15) is 13.2 Å². The normalized spacial score (nSPS) is 14.3. The van der Waals surface area contributed by atoms with Crippen molar-refractivity contribution in [2.45, 2.75) is 44.9 Å². The van der Waals surface area contributed by atoms with Crippen LogP contribution in [0.2, 0.25) is 0 Å². The number of urea groups is 1. The molecule has 124 valence electrons. The van der Waals surface area contributed by atoms with Crippen LogP contribution in [0.1, 0.15) is 37.8 Å². The third-order valence-corrected chi connectivity index (χ3v) is 3.57. The Labute approximate surface area is 127 Å². The first-order valence-electron chi connectivity index (χ1n) is 7.03. The predicted molar refractivity (Wildman–Crippen MR) is 77.2 cm³/mol. The number of alkyl halides is 3. The number of carbonyl (C=O) groups is 1. The number of halogens is 3. The molecule has 0 aliphatic carbocycles. The Kier molecular flexibility index (Phi) is 6.22. The van der Waals surface area contributed by atoms with Crippen LogP contribution in [0.3, 0.4) is 0 Å². The molecule has 0 radical (unpaired) electrons. The fraction of sp³-hybridized carbons (Fsp3) is 0.533. The van der Waals surface area contributed by atoms with Crippen LogP contribution in [0.4, 0.5) is 18.0 Å². The Hall–Kier alpha value is -1.76. The lowest BCUT2D eigenvalue weighted by Gasteiger charge is -2.29. The number of hydrogen-bond donors (Lipinski definition) is 3. The molecule has 4 nitrogen and oxygen atoms in total. The van der Waals surface area contributed by atoms with Gasteiger partial charge in [0.25, 0.3) is 0 Å². The van der Waals surface area contributed by atoms with Crippen molar-refractivity contribution in [2.24, 2.45) is 0 Å². The first-order valence-corrected chi connectivity index (χ1v) is 7.03. The molecule has 0 heterocycles. The Morgan fingerprint density at radius 1 is 1.32 bits per heavy atom. The summed E-state index contributed by atoms with van der Waals surface area (Å²) < 4.78 is 37.8. The van der Waals surface area contributed by atoms with Gasteiger partial charge in [-0.25, -0.2) is 4.79 Å². The highest BCUT2D eigenvalue weighted by Gasteiger charge is 2.30. The maximum atomic E-state index is 12.6. The minimum atomic E-state index is -4.40. The van der Waals surface area contributed by atoms with Crippen molar-refractivity contribution < 1.29 is 23.1 Å². The van der Waals surface area contributed by atoms with E-state index in [1.807, 2.05) is 6.92 Å². The molecule has 0 aromatic heterocycles. The lowest BCUT2D eigenvalue weighted by Crippen LogP contribution is -2.50.